The molecule has 0 unspecified atom stereocenters. The molecule has 0 spiro atoms. The van der Waals surface area contributed by atoms with Crippen LogP contribution in [0.1, 0.15) is 31.9 Å². The molecule has 3 rings (SSSR count). The van der Waals surface area contributed by atoms with Gasteiger partial charge in [-0.05, 0) is 41.3 Å². The standard InChI is InChI=1S/C18H17BrN2O/c1-18(2,3)11-4-7-13(8-5-11)20-16-14-10-12(19)6-9-15(14)21-17(16)22/h4-10H,1-3H3,(H,20,21,22). The van der Waals surface area contributed by atoms with Crippen LogP contribution < -0.4 is 5.32 Å². The van der Waals surface area contributed by atoms with Gasteiger partial charge < -0.3 is 5.32 Å². The van der Waals surface area contributed by atoms with Crippen molar-refractivity contribution in [3.8, 4) is 0 Å². The largest absolute Gasteiger partial charge is 0.320 e. The highest BCUT2D eigenvalue weighted by atomic mass is 79.9. The lowest BCUT2D eigenvalue weighted by Gasteiger charge is -2.18. The van der Waals surface area contributed by atoms with Gasteiger partial charge in [0, 0.05) is 10.0 Å². The number of halogens is 1. The molecule has 112 valence electrons. The van der Waals surface area contributed by atoms with Gasteiger partial charge in [-0.3, -0.25) is 4.79 Å². The lowest BCUT2D eigenvalue weighted by molar-refractivity contribution is -0.110. The predicted molar refractivity (Wildman–Crippen MR) is 94.1 cm³/mol. The van der Waals surface area contributed by atoms with E-state index in [2.05, 4.69) is 59.1 Å². The molecule has 0 aromatic heterocycles. The van der Waals surface area contributed by atoms with Crippen LogP contribution in [-0.4, -0.2) is 11.6 Å². The zero-order chi connectivity index (χ0) is 15.9. The summed E-state index contributed by atoms with van der Waals surface area (Å²) < 4.78 is 0.929. The summed E-state index contributed by atoms with van der Waals surface area (Å²) in [5.74, 6) is -0.159. The fourth-order valence-corrected chi connectivity index (χ4v) is 2.76. The van der Waals surface area contributed by atoms with E-state index in [0.717, 1.165) is 21.4 Å². The van der Waals surface area contributed by atoms with Gasteiger partial charge >= 0.3 is 0 Å². The molecule has 0 bridgehead atoms. The number of nitrogens with zero attached hydrogens (tertiary/aromatic N) is 1. The van der Waals surface area contributed by atoms with Crippen LogP contribution in [-0.2, 0) is 10.2 Å². The molecule has 0 atom stereocenters. The van der Waals surface area contributed by atoms with Crippen molar-refractivity contribution in [1.29, 1.82) is 0 Å². The minimum Gasteiger partial charge on any atom is -0.320 e. The number of nitrogens with one attached hydrogen (secondary N) is 1. The highest BCUT2D eigenvalue weighted by Crippen LogP contribution is 2.29. The predicted octanol–water partition coefficient (Wildman–Crippen LogP) is 4.82. The number of carbonyl (C=O) groups excluding carboxylic acids is 1. The number of rotatable bonds is 1. The van der Waals surface area contributed by atoms with Crippen molar-refractivity contribution in [3.05, 3.63) is 58.1 Å². The number of anilines is 1. The molecule has 4 heteroatoms. The molecule has 22 heavy (non-hydrogen) atoms. The zero-order valence-corrected chi connectivity index (χ0v) is 14.4. The monoisotopic (exact) mass is 356 g/mol. The number of fused-ring (bicyclic) bond motifs is 1. The van der Waals surface area contributed by atoms with Crippen molar-refractivity contribution in [1.82, 2.24) is 0 Å². The van der Waals surface area contributed by atoms with Gasteiger partial charge in [0.2, 0.25) is 0 Å². The second-order valence-electron chi connectivity index (χ2n) is 6.40. The van der Waals surface area contributed by atoms with Crippen LogP contribution in [0.4, 0.5) is 11.4 Å². The first-order chi connectivity index (χ1) is 10.3. The Morgan fingerprint density at radius 1 is 1.05 bits per heavy atom. The molecule has 1 N–H and O–H groups in total. The third-order valence-corrected chi connectivity index (χ3v) is 4.17. The maximum atomic E-state index is 12.1. The van der Waals surface area contributed by atoms with Crippen molar-refractivity contribution in [3.63, 3.8) is 0 Å². The fourth-order valence-electron chi connectivity index (χ4n) is 2.40. The van der Waals surface area contributed by atoms with E-state index in [4.69, 9.17) is 0 Å². The Morgan fingerprint density at radius 3 is 2.36 bits per heavy atom. The van der Waals surface area contributed by atoms with Crippen LogP contribution in [0.15, 0.2) is 51.9 Å². The maximum Gasteiger partial charge on any atom is 0.275 e. The van der Waals surface area contributed by atoms with Gasteiger partial charge in [0.25, 0.3) is 5.91 Å². The molecule has 1 heterocycles. The Labute approximate surface area is 138 Å². The summed E-state index contributed by atoms with van der Waals surface area (Å²) in [6.45, 7) is 6.52. The molecule has 1 aliphatic rings. The van der Waals surface area contributed by atoms with Crippen LogP contribution in [0.5, 0.6) is 0 Å². The van der Waals surface area contributed by atoms with Gasteiger partial charge in [-0.15, -0.1) is 0 Å². The van der Waals surface area contributed by atoms with Gasteiger partial charge in [0.15, 0.2) is 0 Å². The van der Waals surface area contributed by atoms with E-state index in [1.807, 2.05) is 30.3 Å². The first-order valence-electron chi connectivity index (χ1n) is 7.15. The summed E-state index contributed by atoms with van der Waals surface area (Å²) in [5.41, 5.74) is 4.23. The van der Waals surface area contributed by atoms with Crippen LogP contribution in [0.3, 0.4) is 0 Å². The molecule has 0 radical (unpaired) electrons. The normalized spacial score (nSPS) is 15.8. The summed E-state index contributed by atoms with van der Waals surface area (Å²) >= 11 is 3.44. The van der Waals surface area contributed by atoms with E-state index < -0.39 is 0 Å². The van der Waals surface area contributed by atoms with Gasteiger partial charge in [-0.25, -0.2) is 4.99 Å². The average Bonchev–Trinajstić information content (AvgIpc) is 2.75. The minimum absolute atomic E-state index is 0.105. The quantitative estimate of drug-likeness (QED) is 0.781. The average molecular weight is 357 g/mol. The van der Waals surface area contributed by atoms with Crippen molar-refractivity contribution >= 4 is 38.9 Å². The lowest BCUT2D eigenvalue weighted by Crippen LogP contribution is -2.14. The van der Waals surface area contributed by atoms with E-state index in [1.165, 1.54) is 5.56 Å². The molecular formula is C18H17BrN2O. The number of benzene rings is 2. The molecule has 2 aromatic rings. The molecule has 0 aliphatic carbocycles. The van der Waals surface area contributed by atoms with Gasteiger partial charge in [-0.2, -0.15) is 0 Å². The molecule has 1 aliphatic heterocycles. The van der Waals surface area contributed by atoms with Crippen molar-refractivity contribution < 1.29 is 4.79 Å². The van der Waals surface area contributed by atoms with Gasteiger partial charge in [0.1, 0.15) is 5.71 Å². The first kappa shape index (κ1) is 15.0. The minimum atomic E-state index is -0.159. The van der Waals surface area contributed by atoms with Crippen LogP contribution in [0.2, 0.25) is 0 Å². The topological polar surface area (TPSA) is 41.5 Å². The van der Waals surface area contributed by atoms with Crippen molar-refractivity contribution in [2.24, 2.45) is 4.99 Å². The Balaban J connectivity index is 1.99. The SMILES string of the molecule is CC(C)(C)c1ccc(N=C2C(=O)Nc3ccc(Br)cc32)cc1. The molecule has 3 nitrogen and oxygen atoms in total. The van der Waals surface area contributed by atoms with Crippen molar-refractivity contribution in [2.75, 3.05) is 5.32 Å². The molecule has 0 saturated heterocycles. The number of aliphatic imine (C=N–C) groups is 1. The highest BCUT2D eigenvalue weighted by Gasteiger charge is 2.26. The molecule has 0 saturated carbocycles. The van der Waals surface area contributed by atoms with Crippen molar-refractivity contribution in [2.45, 2.75) is 26.2 Å². The van der Waals surface area contributed by atoms with Crippen LogP contribution in [0, 0.1) is 0 Å². The third-order valence-electron chi connectivity index (χ3n) is 3.67. The van der Waals surface area contributed by atoms with E-state index in [9.17, 15) is 4.79 Å². The summed E-state index contributed by atoms with van der Waals surface area (Å²) in [6, 6.07) is 13.7. The Morgan fingerprint density at radius 2 is 1.73 bits per heavy atom. The second kappa shape index (κ2) is 5.36. The first-order valence-corrected chi connectivity index (χ1v) is 7.94. The second-order valence-corrected chi connectivity index (χ2v) is 7.32. The number of hydrogen-bond acceptors (Lipinski definition) is 2. The third kappa shape index (κ3) is 2.83. The Kier molecular flexibility index (Phi) is 3.65. The van der Waals surface area contributed by atoms with E-state index in [-0.39, 0.29) is 11.3 Å². The van der Waals surface area contributed by atoms with Crippen LogP contribution in [0.25, 0.3) is 0 Å². The Bertz CT molecular complexity index is 771. The van der Waals surface area contributed by atoms with E-state index >= 15 is 0 Å². The highest BCUT2D eigenvalue weighted by molar-refractivity contribution is 9.10. The van der Waals surface area contributed by atoms with Gasteiger partial charge in [-0.1, -0.05) is 48.8 Å². The smallest absolute Gasteiger partial charge is 0.275 e. The fraction of sp³-hybridized carbons (Fsp3) is 0.222. The lowest BCUT2D eigenvalue weighted by atomic mass is 9.87. The maximum absolute atomic E-state index is 12.1. The molecule has 1 amide bonds. The molecule has 2 aromatic carbocycles. The summed E-state index contributed by atoms with van der Waals surface area (Å²) in [7, 11) is 0. The number of carbonyl (C=O) groups is 1. The molecular weight excluding hydrogens is 340 g/mol. The summed E-state index contributed by atoms with van der Waals surface area (Å²) in [5, 5.41) is 2.84. The Hall–Kier alpha value is -1.94. The number of amides is 1. The van der Waals surface area contributed by atoms with Gasteiger partial charge in [0.05, 0.1) is 11.4 Å². The van der Waals surface area contributed by atoms with E-state index in [0.29, 0.717) is 5.71 Å². The molecule has 0 fully saturated rings. The van der Waals surface area contributed by atoms with Crippen LogP contribution >= 0.6 is 15.9 Å². The number of hydrogen-bond donors (Lipinski definition) is 1. The zero-order valence-electron chi connectivity index (χ0n) is 12.8. The summed E-state index contributed by atoms with van der Waals surface area (Å²) in [6.07, 6.45) is 0. The van der Waals surface area contributed by atoms with E-state index in [1.54, 1.807) is 0 Å². The summed E-state index contributed by atoms with van der Waals surface area (Å²) in [4.78, 5) is 16.6.